The van der Waals surface area contributed by atoms with E-state index in [1.807, 2.05) is 6.07 Å². The van der Waals surface area contributed by atoms with Crippen LogP contribution >= 0.6 is 24.8 Å². The fraction of sp³-hybridized carbons (Fsp3) is 0.647. The van der Waals surface area contributed by atoms with E-state index in [0.717, 1.165) is 50.7 Å². The van der Waals surface area contributed by atoms with E-state index in [1.54, 1.807) is 0 Å². The van der Waals surface area contributed by atoms with Gasteiger partial charge in [-0.3, -0.25) is 4.90 Å². The highest BCUT2D eigenvalue weighted by molar-refractivity contribution is 5.85. The number of hydrogen-bond acceptors (Lipinski definition) is 3. The van der Waals surface area contributed by atoms with Gasteiger partial charge < -0.3 is 10.1 Å². The summed E-state index contributed by atoms with van der Waals surface area (Å²) in [6.07, 6.45) is -2.48. The third-order valence-corrected chi connectivity index (χ3v) is 4.81. The minimum atomic E-state index is -4.29. The Balaban J connectivity index is 0.00000156. The summed E-state index contributed by atoms with van der Waals surface area (Å²) in [5.74, 6) is 0.352. The highest BCUT2D eigenvalue weighted by Gasteiger charge is 2.34. The molecule has 2 heterocycles. The van der Waals surface area contributed by atoms with Crippen molar-refractivity contribution < 1.29 is 17.9 Å². The lowest BCUT2D eigenvalue weighted by atomic mass is 9.85. The predicted molar refractivity (Wildman–Crippen MR) is 96.7 cm³/mol. The molecule has 0 amide bonds. The van der Waals surface area contributed by atoms with Crippen molar-refractivity contribution in [3.8, 4) is 0 Å². The zero-order valence-corrected chi connectivity index (χ0v) is 15.6. The van der Waals surface area contributed by atoms with Crippen LogP contribution in [0.1, 0.15) is 30.0 Å². The second kappa shape index (κ2) is 9.97. The maximum Gasteiger partial charge on any atom is 0.416 e. The maximum atomic E-state index is 13.1. The van der Waals surface area contributed by atoms with E-state index in [2.05, 4.69) is 10.2 Å². The first-order valence-electron chi connectivity index (χ1n) is 8.25. The molecule has 2 aliphatic rings. The van der Waals surface area contributed by atoms with Gasteiger partial charge >= 0.3 is 6.18 Å². The zero-order chi connectivity index (χ0) is 16.3. The lowest BCUT2D eigenvalue weighted by Gasteiger charge is -2.41. The highest BCUT2D eigenvalue weighted by Crippen LogP contribution is 2.38. The molecule has 1 aromatic carbocycles. The van der Waals surface area contributed by atoms with E-state index in [1.165, 1.54) is 12.1 Å². The number of rotatable bonds is 3. The zero-order valence-electron chi connectivity index (χ0n) is 13.9. The van der Waals surface area contributed by atoms with Gasteiger partial charge in [0, 0.05) is 45.4 Å². The molecule has 2 saturated heterocycles. The minimum absolute atomic E-state index is 0. The minimum Gasteiger partial charge on any atom is -0.381 e. The molecule has 8 heteroatoms. The molecule has 0 radical (unpaired) electrons. The molecule has 2 aliphatic heterocycles. The lowest BCUT2D eigenvalue weighted by molar-refractivity contribution is -0.137. The van der Waals surface area contributed by atoms with Crippen molar-refractivity contribution in [3.63, 3.8) is 0 Å². The first-order valence-corrected chi connectivity index (χ1v) is 8.25. The Morgan fingerprint density at radius 2 is 1.72 bits per heavy atom. The summed E-state index contributed by atoms with van der Waals surface area (Å²) < 4.78 is 44.7. The first kappa shape index (κ1) is 22.5. The van der Waals surface area contributed by atoms with Crippen LogP contribution in [-0.2, 0) is 10.9 Å². The van der Waals surface area contributed by atoms with Crippen LogP contribution in [-0.4, -0.2) is 44.3 Å². The van der Waals surface area contributed by atoms with Crippen molar-refractivity contribution in [2.24, 2.45) is 5.92 Å². The molecule has 25 heavy (non-hydrogen) atoms. The molecule has 0 aromatic heterocycles. The molecular weight excluding hydrogens is 376 g/mol. The third kappa shape index (κ3) is 5.73. The van der Waals surface area contributed by atoms with Gasteiger partial charge in [-0.15, -0.1) is 24.8 Å². The molecule has 0 spiro atoms. The average Bonchev–Trinajstić information content (AvgIpc) is 2.57. The van der Waals surface area contributed by atoms with Crippen LogP contribution in [0.5, 0.6) is 0 Å². The molecule has 0 unspecified atom stereocenters. The molecule has 1 N–H and O–H groups in total. The second-order valence-corrected chi connectivity index (χ2v) is 6.30. The molecule has 0 bridgehead atoms. The van der Waals surface area contributed by atoms with E-state index in [-0.39, 0.29) is 30.9 Å². The van der Waals surface area contributed by atoms with Gasteiger partial charge in [0.05, 0.1) is 5.56 Å². The van der Waals surface area contributed by atoms with Crippen LogP contribution in [0.4, 0.5) is 13.2 Å². The Kier molecular flexibility index (Phi) is 8.98. The van der Waals surface area contributed by atoms with Gasteiger partial charge in [0.1, 0.15) is 0 Å². The monoisotopic (exact) mass is 400 g/mol. The van der Waals surface area contributed by atoms with E-state index in [0.29, 0.717) is 19.1 Å². The first-order chi connectivity index (χ1) is 11.1. The Labute approximate surface area is 159 Å². The van der Waals surface area contributed by atoms with E-state index in [9.17, 15) is 13.2 Å². The molecule has 1 aromatic rings. The van der Waals surface area contributed by atoms with Crippen LogP contribution < -0.4 is 5.32 Å². The molecule has 3 nitrogen and oxygen atoms in total. The van der Waals surface area contributed by atoms with Gasteiger partial charge in [-0.25, -0.2) is 0 Å². The van der Waals surface area contributed by atoms with Gasteiger partial charge in [0.15, 0.2) is 0 Å². The Morgan fingerprint density at radius 1 is 1.08 bits per heavy atom. The predicted octanol–water partition coefficient (Wildman–Crippen LogP) is 3.92. The van der Waals surface area contributed by atoms with Crippen molar-refractivity contribution >= 4 is 24.8 Å². The Morgan fingerprint density at radius 3 is 2.32 bits per heavy atom. The van der Waals surface area contributed by atoms with Crippen LogP contribution in [0.2, 0.25) is 0 Å². The number of ether oxygens (including phenoxy) is 1. The SMILES string of the molecule is Cl.Cl.FC(F)(F)c1cccc([C@@H](C2CCOCC2)N2CCNCC2)c1. The average molecular weight is 401 g/mol. The van der Waals surface area contributed by atoms with Crippen LogP contribution in [0.3, 0.4) is 0 Å². The van der Waals surface area contributed by atoms with Gasteiger partial charge in [0.2, 0.25) is 0 Å². The van der Waals surface area contributed by atoms with Gasteiger partial charge in [-0.1, -0.05) is 12.1 Å². The van der Waals surface area contributed by atoms with Crippen LogP contribution in [0.25, 0.3) is 0 Å². The molecule has 144 valence electrons. The third-order valence-electron chi connectivity index (χ3n) is 4.81. The summed E-state index contributed by atoms with van der Waals surface area (Å²) in [6.45, 7) is 4.92. The quantitative estimate of drug-likeness (QED) is 0.831. The molecule has 1 atom stereocenters. The van der Waals surface area contributed by atoms with E-state index in [4.69, 9.17) is 4.74 Å². The number of alkyl halides is 3. The Bertz CT molecular complexity index is 501. The van der Waals surface area contributed by atoms with Crippen LogP contribution in [0.15, 0.2) is 24.3 Å². The van der Waals surface area contributed by atoms with Gasteiger partial charge in [-0.05, 0) is 36.5 Å². The second-order valence-electron chi connectivity index (χ2n) is 6.30. The number of nitrogens with zero attached hydrogens (tertiary/aromatic N) is 1. The van der Waals surface area contributed by atoms with Gasteiger partial charge in [0.25, 0.3) is 0 Å². The van der Waals surface area contributed by atoms with Crippen molar-refractivity contribution in [1.29, 1.82) is 0 Å². The van der Waals surface area contributed by atoms with Crippen molar-refractivity contribution in [2.45, 2.75) is 25.1 Å². The lowest BCUT2D eigenvalue weighted by Crippen LogP contribution is -2.47. The smallest absolute Gasteiger partial charge is 0.381 e. The molecular formula is C17H25Cl2F3N2O. The fourth-order valence-corrected chi connectivity index (χ4v) is 3.67. The van der Waals surface area contributed by atoms with Crippen molar-refractivity contribution in [1.82, 2.24) is 10.2 Å². The van der Waals surface area contributed by atoms with Gasteiger partial charge in [-0.2, -0.15) is 13.2 Å². The molecule has 2 fully saturated rings. The Hall–Kier alpha value is -0.530. The maximum absolute atomic E-state index is 13.1. The highest BCUT2D eigenvalue weighted by atomic mass is 35.5. The number of hydrogen-bond donors (Lipinski definition) is 1. The van der Waals surface area contributed by atoms with E-state index < -0.39 is 11.7 Å². The molecule has 0 saturated carbocycles. The number of nitrogens with one attached hydrogen (secondary N) is 1. The van der Waals surface area contributed by atoms with Crippen LogP contribution in [0, 0.1) is 5.92 Å². The number of halogens is 5. The number of piperazine rings is 1. The normalized spacial score (nSPS) is 21.1. The number of benzene rings is 1. The standard InChI is InChI=1S/C17H23F3N2O.2ClH/c18-17(19,20)15-3-1-2-14(12-15)16(13-4-10-23-11-5-13)22-8-6-21-7-9-22;;/h1-3,12-13,16,21H,4-11H2;2*1H/t16-;;/m1../s1. The molecule has 0 aliphatic carbocycles. The topological polar surface area (TPSA) is 24.5 Å². The molecule has 3 rings (SSSR count). The van der Waals surface area contributed by atoms with Crippen molar-refractivity contribution in [3.05, 3.63) is 35.4 Å². The summed E-state index contributed by atoms with van der Waals surface area (Å²) >= 11 is 0. The van der Waals surface area contributed by atoms with Crippen molar-refractivity contribution in [2.75, 3.05) is 39.4 Å². The summed E-state index contributed by atoms with van der Waals surface area (Å²) in [5.41, 5.74) is 0.232. The summed E-state index contributed by atoms with van der Waals surface area (Å²) in [7, 11) is 0. The summed E-state index contributed by atoms with van der Waals surface area (Å²) in [6, 6.07) is 5.91. The fourth-order valence-electron chi connectivity index (χ4n) is 3.67. The van der Waals surface area contributed by atoms with E-state index >= 15 is 0 Å². The largest absolute Gasteiger partial charge is 0.416 e. The summed E-state index contributed by atoms with van der Waals surface area (Å²) in [4.78, 5) is 2.34. The summed E-state index contributed by atoms with van der Waals surface area (Å²) in [5, 5.41) is 3.31.